The van der Waals surface area contributed by atoms with Gasteiger partial charge >= 0.3 is 0 Å². The van der Waals surface area contributed by atoms with Gasteiger partial charge in [0.2, 0.25) is 0 Å². The first-order valence-corrected chi connectivity index (χ1v) is 8.99. The van der Waals surface area contributed by atoms with Gasteiger partial charge in [0.1, 0.15) is 41.2 Å². The lowest BCUT2D eigenvalue weighted by molar-refractivity contribution is 0.101. The zero-order valence-corrected chi connectivity index (χ0v) is 14.9. The first-order valence-electron chi connectivity index (χ1n) is 8.99. The van der Waals surface area contributed by atoms with Gasteiger partial charge < -0.3 is 9.73 Å². The number of pyridine rings is 1. The number of carbonyl (C=O) groups excluding carboxylic acids is 1. The van der Waals surface area contributed by atoms with Crippen LogP contribution >= 0.6 is 0 Å². The highest BCUT2D eigenvalue weighted by Gasteiger charge is 2.24. The van der Waals surface area contributed by atoms with E-state index in [1.165, 1.54) is 18.3 Å². The minimum atomic E-state index is -0.952. The molecule has 2 aromatic heterocycles. The molecule has 0 spiro atoms. The molecular weight excluding hydrogens is 369 g/mol. The Labute approximate surface area is 159 Å². The molecular formula is C21H17F3N2O2. The number of nitrogens with one attached hydrogen (secondary N) is 1. The van der Waals surface area contributed by atoms with Crippen LogP contribution in [0.25, 0.3) is 11.1 Å². The summed E-state index contributed by atoms with van der Waals surface area (Å²) in [5.41, 5.74) is 1.72. The number of hydrogen-bond acceptors (Lipinski definition) is 3. The minimum absolute atomic E-state index is 0.135. The summed E-state index contributed by atoms with van der Waals surface area (Å²) in [6, 6.07) is 6.39. The van der Waals surface area contributed by atoms with Gasteiger partial charge in [0.25, 0.3) is 5.91 Å². The molecule has 0 radical (unpaired) electrons. The number of aryl methyl sites for hydroxylation is 1. The molecule has 1 amide bonds. The first kappa shape index (κ1) is 18.3. The molecule has 0 fully saturated rings. The topological polar surface area (TPSA) is 55.1 Å². The van der Waals surface area contributed by atoms with Crippen LogP contribution < -0.4 is 5.32 Å². The third-order valence-electron chi connectivity index (χ3n) is 4.85. The predicted octanol–water partition coefficient (Wildman–Crippen LogP) is 5.22. The second-order valence-corrected chi connectivity index (χ2v) is 6.63. The van der Waals surface area contributed by atoms with Crippen LogP contribution in [0.1, 0.15) is 40.3 Å². The maximum Gasteiger partial charge on any atom is 0.262 e. The van der Waals surface area contributed by atoms with Crippen molar-refractivity contribution >= 4 is 11.7 Å². The van der Waals surface area contributed by atoms with Crippen molar-refractivity contribution in [3.63, 3.8) is 0 Å². The standard InChI is InChI=1S/C21H17F3N2O2/c22-10-17-19(13-4-1-2-7-16(13)28-17)12-8-9-18(25-11-12)26-21(27)20-14(23)5-3-6-15(20)24/h3,5-6,8-9,11H,1-2,4,7,10H2,(H,25,26,27). The van der Waals surface area contributed by atoms with Crippen molar-refractivity contribution in [2.75, 3.05) is 5.32 Å². The number of amides is 1. The Morgan fingerprint density at radius 2 is 1.86 bits per heavy atom. The van der Waals surface area contributed by atoms with E-state index in [0.29, 0.717) is 11.1 Å². The van der Waals surface area contributed by atoms with E-state index in [0.717, 1.165) is 49.1 Å². The highest BCUT2D eigenvalue weighted by Crippen LogP contribution is 2.37. The predicted molar refractivity (Wildman–Crippen MR) is 97.7 cm³/mol. The van der Waals surface area contributed by atoms with Crippen LogP contribution in [0.4, 0.5) is 19.0 Å². The molecule has 0 saturated heterocycles. The monoisotopic (exact) mass is 386 g/mol. The van der Waals surface area contributed by atoms with Crippen molar-refractivity contribution in [3.8, 4) is 11.1 Å². The van der Waals surface area contributed by atoms with Gasteiger partial charge in [0.05, 0.1) is 0 Å². The van der Waals surface area contributed by atoms with Gasteiger partial charge in [-0.3, -0.25) is 4.79 Å². The minimum Gasteiger partial charge on any atom is -0.462 e. The van der Waals surface area contributed by atoms with Gasteiger partial charge in [-0.15, -0.1) is 0 Å². The molecule has 3 aromatic rings. The Morgan fingerprint density at radius 3 is 2.54 bits per heavy atom. The van der Waals surface area contributed by atoms with Crippen molar-refractivity contribution in [2.45, 2.75) is 32.4 Å². The van der Waals surface area contributed by atoms with Crippen molar-refractivity contribution in [1.82, 2.24) is 4.98 Å². The molecule has 1 aliphatic rings. The van der Waals surface area contributed by atoms with Gasteiger partial charge in [-0.2, -0.15) is 0 Å². The molecule has 0 saturated carbocycles. The highest BCUT2D eigenvalue weighted by molar-refractivity contribution is 6.04. The van der Waals surface area contributed by atoms with Gasteiger partial charge in [-0.25, -0.2) is 18.2 Å². The largest absolute Gasteiger partial charge is 0.462 e. The van der Waals surface area contributed by atoms with Crippen LogP contribution in [0.2, 0.25) is 0 Å². The number of carbonyl (C=O) groups is 1. The molecule has 1 N–H and O–H groups in total. The lowest BCUT2D eigenvalue weighted by Gasteiger charge is -2.11. The third kappa shape index (κ3) is 3.28. The second-order valence-electron chi connectivity index (χ2n) is 6.63. The van der Waals surface area contributed by atoms with Gasteiger partial charge in [-0.1, -0.05) is 6.07 Å². The van der Waals surface area contributed by atoms with Crippen molar-refractivity contribution < 1.29 is 22.4 Å². The van der Waals surface area contributed by atoms with E-state index in [9.17, 15) is 18.0 Å². The Bertz CT molecular complexity index is 1010. The molecule has 4 rings (SSSR count). The molecule has 144 valence electrons. The lowest BCUT2D eigenvalue weighted by atomic mass is 9.92. The highest BCUT2D eigenvalue weighted by atomic mass is 19.1. The van der Waals surface area contributed by atoms with E-state index < -0.39 is 29.8 Å². The fraction of sp³-hybridized carbons (Fsp3) is 0.238. The Kier molecular flexibility index (Phi) is 4.90. The van der Waals surface area contributed by atoms with Crippen LogP contribution in [-0.4, -0.2) is 10.9 Å². The average Bonchev–Trinajstić information content (AvgIpc) is 3.07. The van der Waals surface area contributed by atoms with E-state index in [1.54, 1.807) is 6.07 Å². The van der Waals surface area contributed by atoms with Crippen LogP contribution in [0.3, 0.4) is 0 Å². The van der Waals surface area contributed by atoms with Crippen LogP contribution in [0.15, 0.2) is 40.9 Å². The molecule has 0 bridgehead atoms. The summed E-state index contributed by atoms with van der Waals surface area (Å²) in [4.78, 5) is 16.3. The summed E-state index contributed by atoms with van der Waals surface area (Å²) in [6.07, 6.45) is 5.13. The summed E-state index contributed by atoms with van der Waals surface area (Å²) >= 11 is 0. The SMILES string of the molecule is O=C(Nc1ccc(-c2c(CF)oc3c2CCCC3)cn1)c1c(F)cccc1F. The van der Waals surface area contributed by atoms with Crippen molar-refractivity contribution in [1.29, 1.82) is 0 Å². The molecule has 4 nitrogen and oxygen atoms in total. The number of alkyl halides is 1. The smallest absolute Gasteiger partial charge is 0.262 e. The van der Waals surface area contributed by atoms with Crippen LogP contribution in [0, 0.1) is 11.6 Å². The number of rotatable bonds is 4. The molecule has 2 heterocycles. The number of benzene rings is 1. The van der Waals surface area contributed by atoms with Crippen LogP contribution in [0.5, 0.6) is 0 Å². The number of hydrogen-bond donors (Lipinski definition) is 1. The molecule has 1 aliphatic carbocycles. The number of furan rings is 1. The fourth-order valence-corrected chi connectivity index (χ4v) is 3.56. The van der Waals surface area contributed by atoms with Crippen LogP contribution in [-0.2, 0) is 19.5 Å². The second kappa shape index (κ2) is 7.50. The Hall–Kier alpha value is -3.09. The van der Waals surface area contributed by atoms with E-state index in [1.807, 2.05) is 0 Å². The third-order valence-corrected chi connectivity index (χ3v) is 4.85. The quantitative estimate of drug-likeness (QED) is 0.669. The van der Waals surface area contributed by atoms with E-state index in [-0.39, 0.29) is 11.6 Å². The summed E-state index contributed by atoms with van der Waals surface area (Å²) in [7, 11) is 0. The Morgan fingerprint density at radius 1 is 1.11 bits per heavy atom. The molecule has 0 atom stereocenters. The van der Waals surface area contributed by atoms with Gasteiger partial charge in [-0.05, 0) is 43.5 Å². The summed E-state index contributed by atoms with van der Waals surface area (Å²) in [5.74, 6) is -1.60. The molecule has 28 heavy (non-hydrogen) atoms. The van der Waals surface area contributed by atoms with Gasteiger partial charge in [0, 0.05) is 29.3 Å². The Balaban J connectivity index is 1.60. The molecule has 0 unspecified atom stereocenters. The molecule has 7 heteroatoms. The number of aromatic nitrogens is 1. The summed E-state index contributed by atoms with van der Waals surface area (Å²) in [5, 5.41) is 2.38. The number of fused-ring (bicyclic) bond motifs is 1. The lowest BCUT2D eigenvalue weighted by Crippen LogP contribution is -2.16. The maximum absolute atomic E-state index is 13.7. The van der Waals surface area contributed by atoms with E-state index in [4.69, 9.17) is 4.42 Å². The number of halogens is 3. The zero-order chi connectivity index (χ0) is 19.7. The first-order chi connectivity index (χ1) is 13.6. The summed E-state index contributed by atoms with van der Waals surface area (Å²) in [6.45, 7) is -0.715. The zero-order valence-electron chi connectivity index (χ0n) is 14.9. The maximum atomic E-state index is 13.7. The normalized spacial score (nSPS) is 13.2. The van der Waals surface area contributed by atoms with Crippen molar-refractivity contribution in [3.05, 3.63) is 70.8 Å². The molecule has 0 aliphatic heterocycles. The summed E-state index contributed by atoms with van der Waals surface area (Å²) < 4.78 is 46.6. The van der Waals surface area contributed by atoms with Gasteiger partial charge in [0.15, 0.2) is 0 Å². The number of nitrogens with zero attached hydrogens (tertiary/aromatic N) is 1. The van der Waals surface area contributed by atoms with E-state index >= 15 is 0 Å². The number of anilines is 1. The van der Waals surface area contributed by atoms with Crippen molar-refractivity contribution in [2.24, 2.45) is 0 Å². The molecule has 1 aromatic carbocycles. The average molecular weight is 386 g/mol. The van der Waals surface area contributed by atoms with E-state index in [2.05, 4.69) is 10.3 Å². The fourth-order valence-electron chi connectivity index (χ4n) is 3.56.